The number of hydrogen-bond donors (Lipinski definition) is 0. The maximum atomic E-state index is 13.6. The minimum absolute atomic E-state index is 0.133. The van der Waals surface area contributed by atoms with Gasteiger partial charge in [0.25, 0.3) is 0 Å². The lowest BCUT2D eigenvalue weighted by Crippen LogP contribution is -2.54. The van der Waals surface area contributed by atoms with Crippen LogP contribution in [0, 0.1) is 10.8 Å². The molecule has 0 bridgehead atoms. The number of amides is 1. The van der Waals surface area contributed by atoms with Crippen molar-refractivity contribution in [2.24, 2.45) is 10.8 Å². The highest BCUT2D eigenvalue weighted by Gasteiger charge is 2.65. The molecule has 1 aliphatic carbocycles. The van der Waals surface area contributed by atoms with Crippen LogP contribution in [-0.4, -0.2) is 77.9 Å². The zero-order valence-corrected chi connectivity index (χ0v) is 18.6. The predicted molar refractivity (Wildman–Crippen MR) is 114 cm³/mol. The maximum absolute atomic E-state index is 13.6. The van der Waals surface area contributed by atoms with Gasteiger partial charge >= 0.3 is 0 Å². The lowest BCUT2D eigenvalue weighted by Gasteiger charge is -2.46. The summed E-state index contributed by atoms with van der Waals surface area (Å²) in [7, 11) is -3.15. The van der Waals surface area contributed by atoms with Gasteiger partial charge in [0.1, 0.15) is 0 Å². The lowest BCUT2D eigenvalue weighted by molar-refractivity contribution is -0.141. The summed E-state index contributed by atoms with van der Waals surface area (Å²) >= 11 is 0. The van der Waals surface area contributed by atoms with Crippen molar-refractivity contribution in [2.45, 2.75) is 50.8 Å². The second kappa shape index (κ2) is 7.28. The van der Waals surface area contributed by atoms with E-state index in [1.807, 2.05) is 17.2 Å². The number of hydrogen-bond acceptors (Lipinski definition) is 5. The minimum Gasteiger partial charge on any atom is -0.342 e. The molecule has 30 heavy (non-hydrogen) atoms. The average molecular weight is 433 g/mol. The Balaban J connectivity index is 1.41. The van der Waals surface area contributed by atoms with Crippen LogP contribution >= 0.6 is 0 Å². The van der Waals surface area contributed by atoms with Crippen LogP contribution in [0.1, 0.15) is 44.6 Å². The number of aromatic nitrogens is 1. The molecular weight excluding hydrogens is 400 g/mol. The minimum atomic E-state index is -3.15. The van der Waals surface area contributed by atoms with Crippen LogP contribution in [-0.2, 0) is 21.4 Å². The van der Waals surface area contributed by atoms with Crippen LogP contribution in [0.15, 0.2) is 24.5 Å². The van der Waals surface area contributed by atoms with Gasteiger partial charge in [-0.1, -0.05) is 6.07 Å². The Kier molecular flexibility index (Phi) is 4.95. The largest absolute Gasteiger partial charge is 0.342 e. The van der Waals surface area contributed by atoms with Crippen LogP contribution in [0.5, 0.6) is 0 Å². The van der Waals surface area contributed by atoms with Crippen molar-refractivity contribution in [1.29, 1.82) is 0 Å². The zero-order chi connectivity index (χ0) is 21.0. The first-order chi connectivity index (χ1) is 14.4. The number of pyridine rings is 1. The van der Waals surface area contributed by atoms with Crippen molar-refractivity contribution < 1.29 is 13.2 Å². The molecule has 1 aromatic heterocycles. The van der Waals surface area contributed by atoms with E-state index in [1.54, 1.807) is 10.5 Å². The summed E-state index contributed by atoms with van der Waals surface area (Å²) in [5.74, 6) is 0.289. The fraction of sp³-hybridized carbons (Fsp3) is 0.727. The number of rotatable bonds is 5. The summed E-state index contributed by atoms with van der Waals surface area (Å²) < 4.78 is 27.2. The SMILES string of the molecule is CCN1CCC2(CN(Cc3cccnc3)CC23CCN(S(=O)(=O)C2CC2)CC3)C1=O. The van der Waals surface area contributed by atoms with Gasteiger partial charge in [0.05, 0.1) is 10.7 Å². The van der Waals surface area contributed by atoms with E-state index in [0.29, 0.717) is 13.1 Å². The molecule has 4 aliphatic rings. The fourth-order valence-corrected chi connectivity index (χ4v) is 8.05. The van der Waals surface area contributed by atoms with Crippen LogP contribution < -0.4 is 0 Å². The van der Waals surface area contributed by atoms with Gasteiger partial charge < -0.3 is 4.90 Å². The molecule has 1 aromatic rings. The summed E-state index contributed by atoms with van der Waals surface area (Å²) in [5.41, 5.74) is 0.656. The van der Waals surface area contributed by atoms with Crippen molar-refractivity contribution in [2.75, 3.05) is 39.3 Å². The van der Waals surface area contributed by atoms with Crippen molar-refractivity contribution in [1.82, 2.24) is 19.1 Å². The number of piperidine rings is 1. The van der Waals surface area contributed by atoms with E-state index < -0.39 is 10.0 Å². The topological polar surface area (TPSA) is 73.8 Å². The molecular formula is C22H32N4O3S. The standard InChI is InChI=1S/C22H32N4O3S/c1-2-25-11-9-22(20(25)27)17-24(15-18-4-3-10-23-14-18)16-21(22)7-12-26(13-8-21)30(28,29)19-5-6-19/h3-4,10,14,19H,2,5-9,11-13,15-17H2,1H3. The number of carbonyl (C=O) groups excluding carboxylic acids is 1. The van der Waals surface area contributed by atoms with Crippen LogP contribution in [0.4, 0.5) is 0 Å². The number of fused-ring (bicyclic) bond motifs is 1. The molecule has 4 fully saturated rings. The molecule has 7 nitrogen and oxygen atoms in total. The molecule has 0 radical (unpaired) electrons. The number of likely N-dealkylation sites (tertiary alicyclic amines) is 2. The highest BCUT2D eigenvalue weighted by Crippen LogP contribution is 2.58. The Morgan fingerprint density at radius 2 is 1.90 bits per heavy atom. The van der Waals surface area contributed by atoms with Crippen molar-refractivity contribution in [3.05, 3.63) is 30.1 Å². The normalized spacial score (nSPS) is 30.0. The quantitative estimate of drug-likeness (QED) is 0.708. The fourth-order valence-electron chi connectivity index (χ4n) is 6.21. The van der Waals surface area contributed by atoms with Gasteiger partial charge in [-0.15, -0.1) is 0 Å². The van der Waals surface area contributed by atoms with E-state index in [0.717, 1.165) is 70.4 Å². The molecule has 1 saturated carbocycles. The third kappa shape index (κ3) is 3.10. The van der Waals surface area contributed by atoms with Gasteiger partial charge in [0.15, 0.2) is 0 Å². The summed E-state index contributed by atoms with van der Waals surface area (Å²) in [5, 5.41) is -0.158. The number of carbonyl (C=O) groups is 1. The highest BCUT2D eigenvalue weighted by molar-refractivity contribution is 7.90. The Morgan fingerprint density at radius 3 is 2.50 bits per heavy atom. The van der Waals surface area contributed by atoms with Crippen molar-refractivity contribution >= 4 is 15.9 Å². The Labute approximate surface area is 179 Å². The predicted octanol–water partition coefficient (Wildman–Crippen LogP) is 1.71. The van der Waals surface area contributed by atoms with E-state index in [9.17, 15) is 13.2 Å². The molecule has 2 spiro atoms. The van der Waals surface area contributed by atoms with Gasteiger partial charge in [0.2, 0.25) is 15.9 Å². The molecule has 4 heterocycles. The molecule has 164 valence electrons. The van der Waals surface area contributed by atoms with Gasteiger partial charge in [-0.05, 0) is 50.7 Å². The Morgan fingerprint density at radius 1 is 1.13 bits per heavy atom. The molecule has 5 rings (SSSR count). The smallest absolute Gasteiger partial charge is 0.230 e. The summed E-state index contributed by atoms with van der Waals surface area (Å²) in [4.78, 5) is 22.2. The van der Waals surface area contributed by atoms with Gasteiger partial charge in [-0.25, -0.2) is 12.7 Å². The monoisotopic (exact) mass is 432 g/mol. The van der Waals surface area contributed by atoms with Crippen molar-refractivity contribution in [3.63, 3.8) is 0 Å². The molecule has 3 aliphatic heterocycles. The first-order valence-corrected chi connectivity index (χ1v) is 12.8. The highest BCUT2D eigenvalue weighted by atomic mass is 32.2. The van der Waals surface area contributed by atoms with Gasteiger partial charge in [-0.3, -0.25) is 14.7 Å². The Hall–Kier alpha value is -1.51. The van der Waals surface area contributed by atoms with Gasteiger partial charge in [-0.2, -0.15) is 0 Å². The van der Waals surface area contributed by atoms with E-state index in [-0.39, 0.29) is 22.0 Å². The third-order valence-corrected chi connectivity index (χ3v) is 10.4. The van der Waals surface area contributed by atoms with Crippen LogP contribution in [0.25, 0.3) is 0 Å². The molecule has 1 atom stereocenters. The average Bonchev–Trinajstić information content (AvgIpc) is 3.51. The third-order valence-electron chi connectivity index (χ3n) is 8.04. The molecule has 3 saturated heterocycles. The van der Waals surface area contributed by atoms with E-state index in [4.69, 9.17) is 0 Å². The van der Waals surface area contributed by atoms with Gasteiger partial charge in [0, 0.05) is 63.6 Å². The second-order valence-corrected chi connectivity index (χ2v) is 11.9. The number of nitrogens with zero attached hydrogens (tertiary/aromatic N) is 4. The van der Waals surface area contributed by atoms with Crippen molar-refractivity contribution in [3.8, 4) is 0 Å². The van der Waals surface area contributed by atoms with E-state index >= 15 is 0 Å². The summed E-state index contributed by atoms with van der Waals surface area (Å²) in [6.07, 6.45) is 7.74. The first kappa shape index (κ1) is 20.4. The zero-order valence-electron chi connectivity index (χ0n) is 17.8. The molecule has 1 unspecified atom stereocenters. The lowest BCUT2D eigenvalue weighted by atomic mass is 9.60. The Bertz CT molecular complexity index is 910. The van der Waals surface area contributed by atoms with E-state index in [1.165, 1.54) is 0 Å². The van der Waals surface area contributed by atoms with E-state index in [2.05, 4.69) is 22.9 Å². The molecule has 0 aromatic carbocycles. The molecule has 1 amide bonds. The first-order valence-electron chi connectivity index (χ1n) is 11.3. The molecule has 0 N–H and O–H groups in total. The molecule has 8 heteroatoms. The van der Waals surface area contributed by atoms with Crippen LogP contribution in [0.3, 0.4) is 0 Å². The van der Waals surface area contributed by atoms with Crippen LogP contribution in [0.2, 0.25) is 0 Å². The second-order valence-electron chi connectivity index (χ2n) is 9.65. The summed E-state index contributed by atoms with van der Waals surface area (Å²) in [6, 6.07) is 4.04. The maximum Gasteiger partial charge on any atom is 0.230 e. The summed E-state index contributed by atoms with van der Waals surface area (Å²) in [6.45, 7) is 7.16. The number of sulfonamides is 1.